The Balaban J connectivity index is 2.05. The molecule has 0 radical (unpaired) electrons. The Bertz CT molecular complexity index is 526. The second-order valence-electron chi connectivity index (χ2n) is 3.90. The highest BCUT2D eigenvalue weighted by atomic mass is 16.2. The molecule has 0 bridgehead atoms. The van der Waals surface area contributed by atoms with Gasteiger partial charge in [0.25, 0.3) is 0 Å². The Kier molecular flexibility index (Phi) is 2.95. The number of hydrogen-bond acceptors (Lipinski definition) is 3. The maximum Gasteiger partial charge on any atom is 0.327 e. The number of nitrogens with one attached hydrogen (secondary N) is 1. The largest absolute Gasteiger partial charge is 0.333 e. The van der Waals surface area contributed by atoms with Crippen LogP contribution in [-0.2, 0) is 13.6 Å². The Morgan fingerprint density at radius 3 is 2.76 bits per heavy atom. The smallest absolute Gasteiger partial charge is 0.327 e. The van der Waals surface area contributed by atoms with Crippen LogP contribution in [0.2, 0.25) is 0 Å². The molecule has 0 fully saturated rings. The van der Waals surface area contributed by atoms with Crippen LogP contribution >= 0.6 is 0 Å². The maximum absolute atomic E-state index is 11.7. The fraction of sp³-hybridized carbons (Fsp3) is 0.364. The second-order valence-corrected chi connectivity index (χ2v) is 3.90. The highest BCUT2D eigenvalue weighted by Crippen LogP contribution is 2.11. The van der Waals surface area contributed by atoms with E-state index in [4.69, 9.17) is 0 Å². The molecule has 0 unspecified atom stereocenters. The maximum atomic E-state index is 11.7. The topological polar surface area (TPSA) is 64.7 Å². The van der Waals surface area contributed by atoms with Gasteiger partial charge in [-0.15, -0.1) is 0 Å². The summed E-state index contributed by atoms with van der Waals surface area (Å²) in [7, 11) is 1.89. The number of carbonyl (C=O) groups is 1. The monoisotopic (exact) mass is 233 g/mol. The van der Waals surface area contributed by atoms with E-state index in [1.54, 1.807) is 12.4 Å². The van der Waals surface area contributed by atoms with Crippen molar-refractivity contribution in [3.63, 3.8) is 0 Å². The van der Waals surface area contributed by atoms with Gasteiger partial charge in [0.15, 0.2) is 0 Å². The summed E-state index contributed by atoms with van der Waals surface area (Å²) in [6, 6.07) is -0.190. The van der Waals surface area contributed by atoms with Gasteiger partial charge in [-0.3, -0.25) is 9.25 Å². The molecule has 0 atom stereocenters. The predicted molar refractivity (Wildman–Crippen MR) is 62.5 cm³/mol. The summed E-state index contributed by atoms with van der Waals surface area (Å²) in [6.07, 6.45) is 4.65. The van der Waals surface area contributed by atoms with Gasteiger partial charge in [0.2, 0.25) is 0 Å². The third kappa shape index (κ3) is 2.20. The minimum atomic E-state index is -0.190. The summed E-state index contributed by atoms with van der Waals surface area (Å²) in [5.41, 5.74) is 3.06. The minimum Gasteiger partial charge on any atom is -0.333 e. The van der Waals surface area contributed by atoms with Crippen LogP contribution in [0.5, 0.6) is 0 Å². The van der Waals surface area contributed by atoms with Gasteiger partial charge in [0.05, 0.1) is 5.69 Å². The molecule has 0 spiro atoms. The van der Waals surface area contributed by atoms with Gasteiger partial charge < -0.3 is 5.32 Å². The van der Waals surface area contributed by atoms with E-state index in [2.05, 4.69) is 15.4 Å². The standard InChI is InChI=1S/C11H15N5O/c1-8-10(9(2)15(3)14-8)6-13-11(17)16-5-4-12-7-16/h4-5,7H,6H2,1-3H3,(H,13,17). The first kappa shape index (κ1) is 11.4. The summed E-state index contributed by atoms with van der Waals surface area (Å²) >= 11 is 0. The molecule has 0 aliphatic rings. The third-order valence-corrected chi connectivity index (χ3v) is 2.81. The van der Waals surface area contributed by atoms with Crippen molar-refractivity contribution in [3.05, 3.63) is 35.7 Å². The predicted octanol–water partition coefficient (Wildman–Crippen LogP) is 0.991. The molecule has 0 saturated heterocycles. The summed E-state index contributed by atoms with van der Waals surface area (Å²) in [5, 5.41) is 7.12. The molecular formula is C11H15N5O. The molecule has 1 N–H and O–H groups in total. The molecule has 0 aliphatic carbocycles. The van der Waals surface area contributed by atoms with Gasteiger partial charge in [-0.1, -0.05) is 0 Å². The van der Waals surface area contributed by atoms with Crippen molar-refractivity contribution in [2.75, 3.05) is 0 Å². The SMILES string of the molecule is Cc1nn(C)c(C)c1CNC(=O)n1ccnc1. The van der Waals surface area contributed by atoms with Crippen molar-refractivity contribution in [3.8, 4) is 0 Å². The number of aromatic nitrogens is 4. The van der Waals surface area contributed by atoms with Gasteiger partial charge in [0, 0.05) is 37.2 Å². The lowest BCUT2D eigenvalue weighted by Gasteiger charge is -2.05. The van der Waals surface area contributed by atoms with E-state index in [9.17, 15) is 4.79 Å². The van der Waals surface area contributed by atoms with Crippen LogP contribution in [0.1, 0.15) is 17.0 Å². The average molecular weight is 233 g/mol. The normalized spacial score (nSPS) is 10.5. The van der Waals surface area contributed by atoms with Gasteiger partial charge in [-0.05, 0) is 13.8 Å². The lowest BCUT2D eigenvalue weighted by atomic mass is 10.2. The first-order chi connectivity index (χ1) is 8.09. The molecule has 0 aliphatic heterocycles. The van der Waals surface area contributed by atoms with Gasteiger partial charge >= 0.3 is 6.03 Å². The van der Waals surface area contributed by atoms with Crippen LogP contribution in [0.25, 0.3) is 0 Å². The Labute approximate surface area is 99.3 Å². The molecule has 90 valence electrons. The third-order valence-electron chi connectivity index (χ3n) is 2.81. The summed E-state index contributed by atoms with van der Waals surface area (Å²) in [6.45, 7) is 4.40. The van der Waals surface area contributed by atoms with E-state index in [0.29, 0.717) is 6.54 Å². The van der Waals surface area contributed by atoms with Crippen LogP contribution in [0.15, 0.2) is 18.7 Å². The number of aryl methyl sites for hydroxylation is 2. The highest BCUT2D eigenvalue weighted by molar-refractivity contribution is 5.76. The van der Waals surface area contributed by atoms with Crippen LogP contribution < -0.4 is 5.32 Å². The van der Waals surface area contributed by atoms with E-state index in [-0.39, 0.29) is 6.03 Å². The van der Waals surface area contributed by atoms with E-state index < -0.39 is 0 Å². The fourth-order valence-corrected chi connectivity index (χ4v) is 1.71. The molecule has 0 saturated carbocycles. The Hall–Kier alpha value is -2.11. The molecule has 1 amide bonds. The van der Waals surface area contributed by atoms with Crippen LogP contribution in [0, 0.1) is 13.8 Å². The summed E-state index contributed by atoms with van der Waals surface area (Å²) in [5.74, 6) is 0. The minimum absolute atomic E-state index is 0.190. The molecule has 0 aromatic carbocycles. The summed E-state index contributed by atoms with van der Waals surface area (Å²) < 4.78 is 3.22. The molecular weight excluding hydrogens is 218 g/mol. The van der Waals surface area contributed by atoms with E-state index >= 15 is 0 Å². The summed E-state index contributed by atoms with van der Waals surface area (Å²) in [4.78, 5) is 15.5. The number of hydrogen-bond donors (Lipinski definition) is 1. The number of imidazole rings is 1. The van der Waals surface area contributed by atoms with Crippen molar-refractivity contribution in [1.82, 2.24) is 24.6 Å². The number of amides is 1. The molecule has 6 nitrogen and oxygen atoms in total. The molecule has 6 heteroatoms. The van der Waals surface area contributed by atoms with Crippen molar-refractivity contribution in [2.45, 2.75) is 20.4 Å². The fourth-order valence-electron chi connectivity index (χ4n) is 1.71. The van der Waals surface area contributed by atoms with Gasteiger partial charge in [0.1, 0.15) is 6.33 Å². The van der Waals surface area contributed by atoms with Gasteiger partial charge in [-0.2, -0.15) is 5.10 Å². The van der Waals surface area contributed by atoms with Crippen LogP contribution in [0.3, 0.4) is 0 Å². The number of carbonyl (C=O) groups excluding carboxylic acids is 1. The van der Waals surface area contributed by atoms with Crippen LogP contribution in [0.4, 0.5) is 4.79 Å². The second kappa shape index (κ2) is 4.40. The van der Waals surface area contributed by atoms with Crippen molar-refractivity contribution < 1.29 is 4.79 Å². The first-order valence-electron chi connectivity index (χ1n) is 5.35. The van der Waals surface area contributed by atoms with Crippen molar-refractivity contribution in [2.24, 2.45) is 7.05 Å². The number of nitrogens with zero attached hydrogens (tertiary/aromatic N) is 4. The Morgan fingerprint density at radius 1 is 1.47 bits per heavy atom. The van der Waals surface area contributed by atoms with E-state index in [1.165, 1.54) is 10.9 Å². The molecule has 2 aromatic rings. The molecule has 2 heterocycles. The van der Waals surface area contributed by atoms with Crippen molar-refractivity contribution in [1.29, 1.82) is 0 Å². The van der Waals surface area contributed by atoms with Gasteiger partial charge in [-0.25, -0.2) is 9.78 Å². The lowest BCUT2D eigenvalue weighted by molar-refractivity contribution is 0.242. The average Bonchev–Trinajstić information content (AvgIpc) is 2.88. The first-order valence-corrected chi connectivity index (χ1v) is 5.35. The van der Waals surface area contributed by atoms with E-state index in [0.717, 1.165) is 17.0 Å². The quantitative estimate of drug-likeness (QED) is 0.841. The zero-order valence-electron chi connectivity index (χ0n) is 10.1. The van der Waals surface area contributed by atoms with Crippen molar-refractivity contribution >= 4 is 6.03 Å². The molecule has 2 rings (SSSR count). The zero-order valence-corrected chi connectivity index (χ0v) is 10.1. The molecule has 17 heavy (non-hydrogen) atoms. The lowest BCUT2D eigenvalue weighted by Crippen LogP contribution is -2.27. The zero-order chi connectivity index (χ0) is 12.4. The number of rotatable bonds is 2. The van der Waals surface area contributed by atoms with E-state index in [1.807, 2.05) is 25.6 Å². The molecule has 2 aromatic heterocycles. The highest BCUT2D eigenvalue weighted by Gasteiger charge is 2.10. The Morgan fingerprint density at radius 2 is 2.24 bits per heavy atom. The van der Waals surface area contributed by atoms with Crippen LogP contribution in [-0.4, -0.2) is 25.4 Å².